The molecule has 0 radical (unpaired) electrons. The van der Waals surface area contributed by atoms with Gasteiger partial charge in [0, 0.05) is 36.4 Å². The first-order valence-electron chi connectivity index (χ1n) is 8.67. The Kier molecular flexibility index (Phi) is 5.53. The van der Waals surface area contributed by atoms with E-state index in [1.165, 1.54) is 24.3 Å². The van der Waals surface area contributed by atoms with Crippen molar-refractivity contribution in [2.45, 2.75) is 38.8 Å². The average Bonchev–Trinajstić information content (AvgIpc) is 3.38. The number of esters is 1. The summed E-state index contributed by atoms with van der Waals surface area (Å²) in [6, 6.07) is 1.19. The molecule has 1 aliphatic heterocycles. The van der Waals surface area contributed by atoms with Gasteiger partial charge in [-0.05, 0) is 37.0 Å². The molecule has 0 saturated heterocycles. The first-order chi connectivity index (χ1) is 12.4. The second kappa shape index (κ2) is 7.68. The van der Waals surface area contributed by atoms with E-state index in [0.29, 0.717) is 18.2 Å². The van der Waals surface area contributed by atoms with Crippen molar-refractivity contribution in [2.24, 2.45) is 5.92 Å². The van der Waals surface area contributed by atoms with Gasteiger partial charge in [-0.1, -0.05) is 19.2 Å². The second-order valence-corrected chi connectivity index (χ2v) is 7.72. The fourth-order valence-corrected chi connectivity index (χ4v) is 4.37. The lowest BCUT2D eigenvalue weighted by atomic mass is 9.94. The summed E-state index contributed by atoms with van der Waals surface area (Å²) < 4.78 is 19.5. The minimum absolute atomic E-state index is 0.00745. The van der Waals surface area contributed by atoms with Gasteiger partial charge in [-0.15, -0.1) is 11.3 Å². The Balaban J connectivity index is 1.89. The van der Waals surface area contributed by atoms with E-state index >= 15 is 0 Å². The lowest BCUT2D eigenvalue weighted by Crippen LogP contribution is -2.45. The van der Waals surface area contributed by atoms with Gasteiger partial charge < -0.3 is 4.74 Å². The molecule has 26 heavy (non-hydrogen) atoms. The summed E-state index contributed by atoms with van der Waals surface area (Å²) in [5.74, 6) is -0.799. The van der Waals surface area contributed by atoms with Crippen LogP contribution in [0.3, 0.4) is 0 Å². The Labute approximate surface area is 156 Å². The van der Waals surface area contributed by atoms with Gasteiger partial charge >= 0.3 is 5.97 Å². The predicted molar refractivity (Wildman–Crippen MR) is 99.8 cm³/mol. The number of fused-ring (bicyclic) bond motifs is 1. The molecule has 1 fully saturated rings. The third-order valence-corrected chi connectivity index (χ3v) is 5.82. The maximum absolute atomic E-state index is 14.3. The van der Waals surface area contributed by atoms with Crippen LogP contribution in [-0.4, -0.2) is 29.2 Å². The SMILES string of the molecule is C=C/C(F)=C(\C=C)C(C(=O)C1CC1)N1CCc2sc(OC(C)=O)cc2C1. The molecule has 138 valence electrons. The Morgan fingerprint density at radius 3 is 2.69 bits per heavy atom. The van der Waals surface area contributed by atoms with Crippen LogP contribution >= 0.6 is 11.3 Å². The number of allylic oxidation sites excluding steroid dienone is 2. The van der Waals surface area contributed by atoms with Gasteiger partial charge in [0.1, 0.15) is 5.83 Å². The van der Waals surface area contributed by atoms with E-state index < -0.39 is 11.9 Å². The third-order valence-electron chi connectivity index (χ3n) is 4.70. The lowest BCUT2D eigenvalue weighted by molar-refractivity contribution is -0.131. The van der Waals surface area contributed by atoms with Gasteiger partial charge in [-0.25, -0.2) is 4.39 Å². The summed E-state index contributed by atoms with van der Waals surface area (Å²) in [5.41, 5.74) is 1.31. The minimum Gasteiger partial charge on any atom is -0.416 e. The fourth-order valence-electron chi connectivity index (χ4n) is 3.32. The highest BCUT2D eigenvalue weighted by Crippen LogP contribution is 2.38. The van der Waals surface area contributed by atoms with E-state index in [2.05, 4.69) is 13.2 Å². The Hall–Kier alpha value is -2.05. The van der Waals surface area contributed by atoms with Crippen molar-refractivity contribution in [3.05, 3.63) is 53.2 Å². The number of carbonyl (C=O) groups is 2. The molecule has 4 nitrogen and oxygen atoms in total. The Morgan fingerprint density at radius 2 is 2.12 bits per heavy atom. The molecule has 1 aromatic rings. The molecule has 6 heteroatoms. The maximum atomic E-state index is 14.3. The second-order valence-electron chi connectivity index (χ2n) is 6.62. The largest absolute Gasteiger partial charge is 0.416 e. The number of halogens is 1. The zero-order valence-corrected chi connectivity index (χ0v) is 15.6. The molecule has 1 aliphatic carbocycles. The molecule has 3 rings (SSSR count). The van der Waals surface area contributed by atoms with Gasteiger partial charge in [-0.3, -0.25) is 14.5 Å². The molecule has 0 amide bonds. The minimum atomic E-state index is -0.650. The van der Waals surface area contributed by atoms with Crippen molar-refractivity contribution in [1.29, 1.82) is 0 Å². The van der Waals surface area contributed by atoms with Gasteiger partial charge in [0.15, 0.2) is 10.8 Å². The third kappa shape index (κ3) is 3.86. The zero-order chi connectivity index (χ0) is 18.8. The molecule has 0 N–H and O–H groups in total. The van der Waals surface area contributed by atoms with Crippen molar-refractivity contribution >= 4 is 23.1 Å². The van der Waals surface area contributed by atoms with Crippen LogP contribution in [0.1, 0.15) is 30.2 Å². The van der Waals surface area contributed by atoms with E-state index in [9.17, 15) is 14.0 Å². The summed E-state index contributed by atoms with van der Waals surface area (Å²) in [7, 11) is 0. The number of hydrogen-bond acceptors (Lipinski definition) is 5. The molecular weight excluding hydrogens is 353 g/mol. The molecule has 1 atom stereocenters. The van der Waals surface area contributed by atoms with Gasteiger partial charge in [0.2, 0.25) is 0 Å². The van der Waals surface area contributed by atoms with Gasteiger partial charge in [0.25, 0.3) is 0 Å². The molecule has 1 saturated carbocycles. The number of Topliss-reactive ketones (excluding diaryl/α,β-unsaturated/α-hetero) is 1. The summed E-state index contributed by atoms with van der Waals surface area (Å²) in [5, 5.41) is 0.561. The van der Waals surface area contributed by atoms with E-state index in [0.717, 1.165) is 35.8 Å². The van der Waals surface area contributed by atoms with Gasteiger partial charge in [0.05, 0.1) is 6.04 Å². The van der Waals surface area contributed by atoms with Crippen LogP contribution in [0.5, 0.6) is 5.06 Å². The van der Waals surface area contributed by atoms with Crippen LogP contribution in [0, 0.1) is 5.92 Å². The maximum Gasteiger partial charge on any atom is 0.308 e. The zero-order valence-electron chi connectivity index (χ0n) is 14.8. The summed E-state index contributed by atoms with van der Waals surface area (Å²) in [6.45, 7) is 9.71. The smallest absolute Gasteiger partial charge is 0.308 e. The Bertz CT molecular complexity index is 791. The van der Waals surface area contributed by atoms with E-state index in [4.69, 9.17) is 4.74 Å². The number of hydrogen-bond donors (Lipinski definition) is 0. The fraction of sp³-hybridized carbons (Fsp3) is 0.400. The molecule has 2 heterocycles. The summed E-state index contributed by atoms with van der Waals surface area (Å²) in [4.78, 5) is 27.2. The number of thiophene rings is 1. The van der Waals surface area contributed by atoms with Crippen LogP contribution in [0.4, 0.5) is 4.39 Å². The van der Waals surface area contributed by atoms with E-state index in [1.807, 2.05) is 11.0 Å². The monoisotopic (exact) mass is 375 g/mol. The summed E-state index contributed by atoms with van der Waals surface area (Å²) >= 11 is 1.45. The number of rotatable bonds is 7. The molecule has 1 aromatic heterocycles. The first-order valence-corrected chi connectivity index (χ1v) is 9.48. The van der Waals surface area contributed by atoms with Crippen molar-refractivity contribution in [2.75, 3.05) is 6.54 Å². The number of carbonyl (C=O) groups excluding carboxylic acids is 2. The molecule has 0 aromatic carbocycles. The van der Waals surface area contributed by atoms with E-state index in [-0.39, 0.29) is 23.2 Å². The topological polar surface area (TPSA) is 46.6 Å². The Morgan fingerprint density at radius 1 is 1.38 bits per heavy atom. The van der Waals surface area contributed by atoms with Gasteiger partial charge in [-0.2, -0.15) is 0 Å². The predicted octanol–water partition coefficient (Wildman–Crippen LogP) is 3.97. The normalized spacial score (nSPS) is 19.2. The molecule has 0 spiro atoms. The van der Waals surface area contributed by atoms with Crippen LogP contribution in [0.2, 0.25) is 0 Å². The highest BCUT2D eigenvalue weighted by atomic mass is 32.1. The summed E-state index contributed by atoms with van der Waals surface area (Å²) in [6.07, 6.45) is 5.02. The number of nitrogens with zero attached hydrogens (tertiary/aromatic N) is 1. The highest BCUT2D eigenvalue weighted by Gasteiger charge is 2.40. The van der Waals surface area contributed by atoms with E-state index in [1.54, 1.807) is 0 Å². The van der Waals surface area contributed by atoms with Crippen molar-refractivity contribution in [3.8, 4) is 5.06 Å². The van der Waals surface area contributed by atoms with Crippen molar-refractivity contribution < 1.29 is 18.7 Å². The first kappa shape index (κ1) is 18.7. The molecule has 1 unspecified atom stereocenters. The van der Waals surface area contributed by atoms with Crippen molar-refractivity contribution in [3.63, 3.8) is 0 Å². The van der Waals surface area contributed by atoms with Crippen LogP contribution in [0.25, 0.3) is 0 Å². The molecular formula is C20H22FNO3S. The standard InChI is InChI=1S/C20H22FNO3S/c1-4-15(16(21)5-2)19(20(24)13-6-7-13)22-9-8-17-14(11-22)10-18(26-17)25-12(3)23/h4-5,10,13,19H,1-2,6-9,11H2,3H3/b16-15-. The highest BCUT2D eigenvalue weighted by molar-refractivity contribution is 7.14. The van der Waals surface area contributed by atoms with Crippen LogP contribution in [0.15, 0.2) is 42.8 Å². The van der Waals surface area contributed by atoms with Crippen molar-refractivity contribution in [1.82, 2.24) is 4.90 Å². The quantitative estimate of drug-likeness (QED) is 0.534. The lowest BCUT2D eigenvalue weighted by Gasteiger charge is -2.34. The molecule has 0 bridgehead atoms. The number of ketones is 1. The van der Waals surface area contributed by atoms with Crippen LogP contribution in [-0.2, 0) is 22.6 Å². The average molecular weight is 375 g/mol. The van der Waals surface area contributed by atoms with Crippen LogP contribution < -0.4 is 4.74 Å². The molecule has 2 aliphatic rings. The number of ether oxygens (including phenoxy) is 1.